The summed E-state index contributed by atoms with van der Waals surface area (Å²) in [6.45, 7) is 0.467. The third-order valence-electron chi connectivity index (χ3n) is 7.36. The Morgan fingerprint density at radius 2 is 1.40 bits per heavy atom. The second-order valence-electron chi connectivity index (χ2n) is 10.5. The van der Waals surface area contributed by atoms with E-state index >= 15 is 0 Å². The molecule has 0 bridgehead atoms. The first-order valence-electron chi connectivity index (χ1n) is 14.0. The number of amides is 2. The summed E-state index contributed by atoms with van der Waals surface area (Å²) < 4.78 is 26.4. The second kappa shape index (κ2) is 14.1. The number of nitrogens with zero attached hydrogens (tertiary/aromatic N) is 2. The maximum Gasteiger partial charge on any atom is 0.243 e. The fraction of sp³-hybridized carbons (Fsp3) is 0.375. The fourth-order valence-electron chi connectivity index (χ4n) is 5.30. The van der Waals surface area contributed by atoms with Gasteiger partial charge in [0.05, 0.1) is 11.9 Å². The molecule has 3 aromatic rings. The molecule has 3 aromatic carbocycles. The van der Waals surface area contributed by atoms with Gasteiger partial charge in [-0.25, -0.2) is 8.42 Å². The standard InChI is InChI=1S/C32H39N3O4S/c1-40(38,39)35(29-20-9-4-10-21-29)23-13-22-31(36)34(25-27-16-7-3-8-17-27)30(24-26-14-5-2-6-15-26)32(37)33-28-18-11-12-19-28/h2-10,14-17,20-21,28,30H,11-13,18-19,22-25H2,1H3,(H,33,37). The van der Waals surface area contributed by atoms with Gasteiger partial charge in [-0.2, -0.15) is 0 Å². The Morgan fingerprint density at radius 3 is 1.98 bits per heavy atom. The molecule has 212 valence electrons. The molecule has 1 aliphatic carbocycles. The van der Waals surface area contributed by atoms with Gasteiger partial charge < -0.3 is 10.2 Å². The van der Waals surface area contributed by atoms with Crippen molar-refractivity contribution in [1.82, 2.24) is 10.2 Å². The lowest BCUT2D eigenvalue weighted by Gasteiger charge is -2.32. The zero-order chi connectivity index (χ0) is 28.4. The van der Waals surface area contributed by atoms with Crippen LogP contribution in [0.5, 0.6) is 0 Å². The van der Waals surface area contributed by atoms with Crippen LogP contribution in [0.2, 0.25) is 0 Å². The Bertz CT molecular complexity index is 1330. The van der Waals surface area contributed by atoms with E-state index in [0.29, 0.717) is 25.1 Å². The number of hydrogen-bond donors (Lipinski definition) is 1. The van der Waals surface area contributed by atoms with E-state index in [9.17, 15) is 18.0 Å². The van der Waals surface area contributed by atoms with Gasteiger partial charge in [0.2, 0.25) is 21.8 Å². The van der Waals surface area contributed by atoms with Gasteiger partial charge in [-0.1, -0.05) is 91.7 Å². The Labute approximate surface area is 238 Å². The van der Waals surface area contributed by atoms with Crippen LogP contribution in [0.1, 0.15) is 49.7 Å². The van der Waals surface area contributed by atoms with E-state index in [1.807, 2.05) is 66.7 Å². The van der Waals surface area contributed by atoms with Crippen molar-refractivity contribution in [1.29, 1.82) is 0 Å². The number of anilines is 1. The van der Waals surface area contributed by atoms with Crippen LogP contribution >= 0.6 is 0 Å². The summed E-state index contributed by atoms with van der Waals surface area (Å²) in [4.78, 5) is 29.3. The SMILES string of the molecule is CS(=O)(=O)N(CCCC(=O)N(Cc1ccccc1)C(Cc1ccccc1)C(=O)NC1CCCC1)c1ccccc1. The average Bonchev–Trinajstić information content (AvgIpc) is 3.47. The summed E-state index contributed by atoms with van der Waals surface area (Å²) in [6.07, 6.45) is 6.12. The van der Waals surface area contributed by atoms with Crippen LogP contribution in [0.3, 0.4) is 0 Å². The number of hydrogen-bond acceptors (Lipinski definition) is 4. The molecule has 1 N–H and O–H groups in total. The molecule has 4 rings (SSSR count). The van der Waals surface area contributed by atoms with E-state index < -0.39 is 16.1 Å². The molecule has 1 aliphatic rings. The first kappa shape index (κ1) is 29.3. The molecular formula is C32H39N3O4S. The van der Waals surface area contributed by atoms with E-state index in [-0.39, 0.29) is 30.8 Å². The summed E-state index contributed by atoms with van der Waals surface area (Å²) in [6, 6.07) is 27.8. The van der Waals surface area contributed by atoms with Gasteiger partial charge in [0, 0.05) is 32.0 Å². The van der Waals surface area contributed by atoms with Crippen LogP contribution in [0, 0.1) is 0 Å². The molecule has 0 aliphatic heterocycles. The number of para-hydroxylation sites is 1. The van der Waals surface area contributed by atoms with Gasteiger partial charge in [-0.15, -0.1) is 0 Å². The van der Waals surface area contributed by atoms with E-state index in [1.165, 1.54) is 10.6 Å². The lowest BCUT2D eigenvalue weighted by molar-refractivity contribution is -0.141. The first-order chi connectivity index (χ1) is 19.3. The van der Waals surface area contributed by atoms with Crippen molar-refractivity contribution in [3.05, 3.63) is 102 Å². The molecule has 1 unspecified atom stereocenters. The van der Waals surface area contributed by atoms with Crippen LogP contribution in [0.15, 0.2) is 91.0 Å². The zero-order valence-electron chi connectivity index (χ0n) is 23.1. The third kappa shape index (κ3) is 8.42. The number of benzene rings is 3. The first-order valence-corrected chi connectivity index (χ1v) is 15.9. The molecule has 1 atom stereocenters. The fourth-order valence-corrected chi connectivity index (χ4v) is 6.27. The predicted molar refractivity (Wildman–Crippen MR) is 159 cm³/mol. The number of nitrogens with one attached hydrogen (secondary N) is 1. The molecule has 2 amide bonds. The van der Waals surface area contributed by atoms with Crippen molar-refractivity contribution in [3.63, 3.8) is 0 Å². The minimum atomic E-state index is -3.52. The molecule has 40 heavy (non-hydrogen) atoms. The molecular weight excluding hydrogens is 522 g/mol. The van der Waals surface area contributed by atoms with E-state index in [0.717, 1.165) is 36.8 Å². The van der Waals surface area contributed by atoms with E-state index in [4.69, 9.17) is 0 Å². The van der Waals surface area contributed by atoms with Crippen molar-refractivity contribution < 1.29 is 18.0 Å². The van der Waals surface area contributed by atoms with Crippen LogP contribution < -0.4 is 9.62 Å². The summed E-state index contributed by atoms with van der Waals surface area (Å²) in [5.41, 5.74) is 2.48. The highest BCUT2D eigenvalue weighted by atomic mass is 32.2. The lowest BCUT2D eigenvalue weighted by Crippen LogP contribution is -2.52. The number of rotatable bonds is 13. The number of carbonyl (C=O) groups excluding carboxylic acids is 2. The second-order valence-corrected chi connectivity index (χ2v) is 12.4. The van der Waals surface area contributed by atoms with Crippen molar-refractivity contribution in [2.24, 2.45) is 0 Å². The highest BCUT2D eigenvalue weighted by Gasteiger charge is 2.32. The van der Waals surface area contributed by atoms with Gasteiger partial charge in [0.15, 0.2) is 0 Å². The maximum absolute atomic E-state index is 13.9. The molecule has 8 heteroatoms. The molecule has 0 saturated heterocycles. The highest BCUT2D eigenvalue weighted by Crippen LogP contribution is 2.22. The molecule has 0 heterocycles. The highest BCUT2D eigenvalue weighted by molar-refractivity contribution is 7.92. The monoisotopic (exact) mass is 561 g/mol. The van der Waals surface area contributed by atoms with Crippen LogP contribution in [0.4, 0.5) is 5.69 Å². The van der Waals surface area contributed by atoms with Crippen molar-refractivity contribution >= 4 is 27.5 Å². The lowest BCUT2D eigenvalue weighted by atomic mass is 10.0. The molecule has 1 saturated carbocycles. The number of carbonyl (C=O) groups is 2. The number of sulfonamides is 1. The summed E-state index contributed by atoms with van der Waals surface area (Å²) in [5.74, 6) is -0.310. The van der Waals surface area contributed by atoms with Gasteiger partial charge in [-0.3, -0.25) is 13.9 Å². The quantitative estimate of drug-likeness (QED) is 0.321. The third-order valence-corrected chi connectivity index (χ3v) is 8.56. The Hall–Kier alpha value is -3.65. The summed E-state index contributed by atoms with van der Waals surface area (Å²) in [5, 5.41) is 3.22. The topological polar surface area (TPSA) is 86.8 Å². The van der Waals surface area contributed by atoms with E-state index in [1.54, 1.807) is 29.2 Å². The van der Waals surface area contributed by atoms with Gasteiger partial charge >= 0.3 is 0 Å². The largest absolute Gasteiger partial charge is 0.352 e. The van der Waals surface area contributed by atoms with Crippen LogP contribution in [0.25, 0.3) is 0 Å². The van der Waals surface area contributed by atoms with Crippen molar-refractivity contribution in [2.75, 3.05) is 17.1 Å². The zero-order valence-corrected chi connectivity index (χ0v) is 23.9. The molecule has 7 nitrogen and oxygen atoms in total. The molecule has 0 radical (unpaired) electrons. The van der Waals surface area contributed by atoms with Gasteiger partial charge in [0.1, 0.15) is 6.04 Å². The molecule has 0 aromatic heterocycles. The average molecular weight is 562 g/mol. The Balaban J connectivity index is 1.56. The predicted octanol–water partition coefficient (Wildman–Crippen LogP) is 4.93. The van der Waals surface area contributed by atoms with E-state index in [2.05, 4.69) is 5.32 Å². The smallest absolute Gasteiger partial charge is 0.243 e. The molecule has 1 fully saturated rings. The van der Waals surface area contributed by atoms with Gasteiger partial charge in [0.25, 0.3) is 0 Å². The van der Waals surface area contributed by atoms with Crippen molar-refractivity contribution in [3.8, 4) is 0 Å². The van der Waals surface area contributed by atoms with Crippen LogP contribution in [-0.2, 0) is 32.6 Å². The minimum absolute atomic E-state index is 0.119. The normalized spacial score (nSPS) is 14.4. The maximum atomic E-state index is 13.9. The Morgan fingerprint density at radius 1 is 0.850 bits per heavy atom. The van der Waals surface area contributed by atoms with Crippen molar-refractivity contribution in [2.45, 2.75) is 63.6 Å². The summed E-state index contributed by atoms with van der Waals surface area (Å²) in [7, 11) is -3.52. The van der Waals surface area contributed by atoms with Crippen LogP contribution in [-0.4, -0.2) is 50.0 Å². The molecule has 0 spiro atoms. The summed E-state index contributed by atoms with van der Waals surface area (Å²) >= 11 is 0. The van der Waals surface area contributed by atoms with Gasteiger partial charge in [-0.05, 0) is 42.5 Å². The minimum Gasteiger partial charge on any atom is -0.352 e. The Kier molecular flexibility index (Phi) is 10.4.